The maximum absolute atomic E-state index is 5.56. The van der Waals surface area contributed by atoms with E-state index in [4.69, 9.17) is 4.74 Å². The van der Waals surface area contributed by atoms with Crippen molar-refractivity contribution in [3.63, 3.8) is 0 Å². The van der Waals surface area contributed by atoms with Crippen LogP contribution < -0.4 is 0 Å². The summed E-state index contributed by atoms with van der Waals surface area (Å²) in [6.45, 7) is 5.99. The van der Waals surface area contributed by atoms with Crippen LogP contribution in [0.15, 0.2) is 28.7 Å². The fourth-order valence-corrected chi connectivity index (χ4v) is 1.58. The molecule has 0 aliphatic carbocycles. The molecule has 1 aromatic carbocycles. The molecule has 78 valence electrons. The van der Waals surface area contributed by atoms with Gasteiger partial charge in [0.15, 0.2) is 0 Å². The van der Waals surface area contributed by atoms with E-state index in [1.807, 2.05) is 12.1 Å². The Bertz CT molecular complexity index is 271. The van der Waals surface area contributed by atoms with Gasteiger partial charge in [0, 0.05) is 11.1 Å². The van der Waals surface area contributed by atoms with Crippen LogP contribution in [0.4, 0.5) is 0 Å². The van der Waals surface area contributed by atoms with Crippen molar-refractivity contribution in [2.45, 2.75) is 26.9 Å². The molecule has 0 N–H and O–H groups in total. The van der Waals surface area contributed by atoms with E-state index in [0.29, 0.717) is 6.61 Å². The number of rotatable bonds is 5. The van der Waals surface area contributed by atoms with Crippen LogP contribution in [-0.4, -0.2) is 6.61 Å². The van der Waals surface area contributed by atoms with Crippen molar-refractivity contribution in [1.82, 2.24) is 0 Å². The third-order valence-corrected chi connectivity index (χ3v) is 2.49. The Kier molecular flexibility index (Phi) is 5.20. The molecule has 1 rings (SSSR count). The van der Waals surface area contributed by atoms with Gasteiger partial charge in [0.1, 0.15) is 0 Å². The van der Waals surface area contributed by atoms with Gasteiger partial charge in [-0.2, -0.15) is 0 Å². The first-order chi connectivity index (χ1) is 6.68. The van der Waals surface area contributed by atoms with Gasteiger partial charge in [0.25, 0.3) is 0 Å². The van der Waals surface area contributed by atoms with Crippen LogP contribution >= 0.6 is 15.9 Å². The minimum absolute atomic E-state index is 0.714. The second-order valence-electron chi connectivity index (χ2n) is 3.87. The molecular formula is C12H17BrO. The molecule has 0 saturated carbocycles. The monoisotopic (exact) mass is 256 g/mol. The molecule has 0 aliphatic heterocycles. The van der Waals surface area contributed by atoms with Crippen LogP contribution in [-0.2, 0) is 11.3 Å². The highest BCUT2D eigenvalue weighted by atomic mass is 79.9. The van der Waals surface area contributed by atoms with Gasteiger partial charge in [-0.15, -0.1) is 0 Å². The first-order valence-electron chi connectivity index (χ1n) is 5.00. The quantitative estimate of drug-likeness (QED) is 0.724. The van der Waals surface area contributed by atoms with Crippen molar-refractivity contribution in [2.75, 3.05) is 6.61 Å². The summed E-state index contributed by atoms with van der Waals surface area (Å²) >= 11 is 3.44. The van der Waals surface area contributed by atoms with Crippen molar-refractivity contribution in [2.24, 2.45) is 5.92 Å². The second-order valence-corrected chi connectivity index (χ2v) is 4.78. The van der Waals surface area contributed by atoms with E-state index in [2.05, 4.69) is 41.9 Å². The number of benzene rings is 1. The number of halogens is 1. The SMILES string of the molecule is CC(C)CCOCc1cccc(Br)c1. The molecule has 0 amide bonds. The lowest BCUT2D eigenvalue weighted by Gasteiger charge is -2.06. The van der Waals surface area contributed by atoms with Gasteiger partial charge < -0.3 is 4.74 Å². The largest absolute Gasteiger partial charge is 0.377 e. The molecule has 0 fully saturated rings. The highest BCUT2D eigenvalue weighted by Crippen LogP contribution is 2.12. The lowest BCUT2D eigenvalue weighted by molar-refractivity contribution is 0.110. The molecule has 2 heteroatoms. The van der Waals surface area contributed by atoms with E-state index >= 15 is 0 Å². The zero-order chi connectivity index (χ0) is 10.4. The zero-order valence-electron chi connectivity index (χ0n) is 8.79. The van der Waals surface area contributed by atoms with Crippen molar-refractivity contribution in [3.05, 3.63) is 34.3 Å². The van der Waals surface area contributed by atoms with Gasteiger partial charge in [-0.3, -0.25) is 0 Å². The Morgan fingerprint density at radius 3 is 2.79 bits per heavy atom. The fraction of sp³-hybridized carbons (Fsp3) is 0.500. The Morgan fingerprint density at radius 1 is 1.36 bits per heavy atom. The Labute approximate surface area is 94.6 Å². The number of hydrogen-bond donors (Lipinski definition) is 0. The third kappa shape index (κ3) is 4.77. The zero-order valence-corrected chi connectivity index (χ0v) is 10.4. The van der Waals surface area contributed by atoms with Crippen LogP contribution in [0.2, 0.25) is 0 Å². The van der Waals surface area contributed by atoms with Gasteiger partial charge in [0.2, 0.25) is 0 Å². The maximum Gasteiger partial charge on any atom is 0.0717 e. The van der Waals surface area contributed by atoms with Gasteiger partial charge >= 0.3 is 0 Å². The smallest absolute Gasteiger partial charge is 0.0717 e. The average molecular weight is 257 g/mol. The number of ether oxygens (including phenoxy) is 1. The molecule has 0 aliphatic rings. The molecule has 1 nitrogen and oxygen atoms in total. The first kappa shape index (κ1) is 11.7. The van der Waals surface area contributed by atoms with Crippen LogP contribution in [0.25, 0.3) is 0 Å². The van der Waals surface area contributed by atoms with E-state index in [1.165, 1.54) is 5.56 Å². The predicted molar refractivity (Wildman–Crippen MR) is 63.3 cm³/mol. The second kappa shape index (κ2) is 6.20. The summed E-state index contributed by atoms with van der Waals surface area (Å²) in [5, 5.41) is 0. The maximum atomic E-state index is 5.56. The molecule has 0 bridgehead atoms. The minimum atomic E-state index is 0.714. The molecule has 0 heterocycles. The van der Waals surface area contributed by atoms with Gasteiger partial charge in [-0.1, -0.05) is 41.9 Å². The minimum Gasteiger partial charge on any atom is -0.377 e. The molecule has 0 saturated heterocycles. The molecule has 0 radical (unpaired) electrons. The average Bonchev–Trinajstić information content (AvgIpc) is 2.12. The van der Waals surface area contributed by atoms with Crippen LogP contribution in [0, 0.1) is 5.92 Å². The van der Waals surface area contributed by atoms with Crippen LogP contribution in [0.3, 0.4) is 0 Å². The third-order valence-electron chi connectivity index (χ3n) is 2.00. The summed E-state index contributed by atoms with van der Waals surface area (Å²) < 4.78 is 6.68. The van der Waals surface area contributed by atoms with Gasteiger partial charge in [-0.05, 0) is 30.0 Å². The molecule has 0 aromatic heterocycles. The molecule has 14 heavy (non-hydrogen) atoms. The molecule has 0 spiro atoms. The summed E-state index contributed by atoms with van der Waals surface area (Å²) in [5.41, 5.74) is 1.23. The van der Waals surface area contributed by atoms with Crippen LogP contribution in [0.1, 0.15) is 25.8 Å². The van der Waals surface area contributed by atoms with Crippen molar-refractivity contribution < 1.29 is 4.74 Å². The molecular weight excluding hydrogens is 240 g/mol. The Hall–Kier alpha value is -0.340. The Morgan fingerprint density at radius 2 is 2.14 bits per heavy atom. The molecule has 0 unspecified atom stereocenters. The van der Waals surface area contributed by atoms with Gasteiger partial charge in [0.05, 0.1) is 6.61 Å². The van der Waals surface area contributed by atoms with Crippen molar-refractivity contribution >= 4 is 15.9 Å². The summed E-state index contributed by atoms with van der Waals surface area (Å²) in [6.07, 6.45) is 1.13. The topological polar surface area (TPSA) is 9.23 Å². The van der Waals surface area contributed by atoms with Crippen molar-refractivity contribution in [1.29, 1.82) is 0 Å². The van der Waals surface area contributed by atoms with E-state index in [0.717, 1.165) is 23.4 Å². The standard InChI is InChI=1S/C12H17BrO/c1-10(2)6-7-14-9-11-4-3-5-12(13)8-11/h3-5,8,10H,6-7,9H2,1-2H3. The normalized spacial score (nSPS) is 10.9. The molecule has 1 aromatic rings. The van der Waals surface area contributed by atoms with E-state index in [9.17, 15) is 0 Å². The number of hydrogen-bond acceptors (Lipinski definition) is 1. The summed E-state index contributed by atoms with van der Waals surface area (Å²) in [4.78, 5) is 0. The summed E-state index contributed by atoms with van der Waals surface area (Å²) in [7, 11) is 0. The summed E-state index contributed by atoms with van der Waals surface area (Å²) in [6, 6.07) is 8.23. The Balaban J connectivity index is 2.25. The highest BCUT2D eigenvalue weighted by molar-refractivity contribution is 9.10. The highest BCUT2D eigenvalue weighted by Gasteiger charge is 1.96. The van der Waals surface area contributed by atoms with E-state index < -0.39 is 0 Å². The van der Waals surface area contributed by atoms with Crippen molar-refractivity contribution in [3.8, 4) is 0 Å². The van der Waals surface area contributed by atoms with E-state index in [1.54, 1.807) is 0 Å². The van der Waals surface area contributed by atoms with Gasteiger partial charge in [-0.25, -0.2) is 0 Å². The van der Waals surface area contributed by atoms with Crippen LogP contribution in [0.5, 0.6) is 0 Å². The predicted octanol–water partition coefficient (Wildman–Crippen LogP) is 4.01. The lowest BCUT2D eigenvalue weighted by Crippen LogP contribution is -1.99. The summed E-state index contributed by atoms with van der Waals surface area (Å²) in [5.74, 6) is 0.720. The first-order valence-corrected chi connectivity index (χ1v) is 5.80. The fourth-order valence-electron chi connectivity index (χ4n) is 1.14. The van der Waals surface area contributed by atoms with E-state index in [-0.39, 0.29) is 0 Å². The lowest BCUT2D eigenvalue weighted by atomic mass is 10.1. The molecule has 0 atom stereocenters.